The lowest BCUT2D eigenvalue weighted by Gasteiger charge is -2.35. The second-order valence-corrected chi connectivity index (χ2v) is 6.67. The summed E-state index contributed by atoms with van der Waals surface area (Å²) < 4.78 is 0. The summed E-state index contributed by atoms with van der Waals surface area (Å²) in [4.78, 5) is 15.3. The smallest absolute Gasteiger partial charge is 0.230 e. The van der Waals surface area contributed by atoms with Gasteiger partial charge < -0.3 is 10.6 Å². The van der Waals surface area contributed by atoms with Crippen LogP contribution in [0.1, 0.15) is 37.8 Å². The second kappa shape index (κ2) is 8.03. The van der Waals surface area contributed by atoms with Crippen LogP contribution in [0.3, 0.4) is 0 Å². The van der Waals surface area contributed by atoms with Gasteiger partial charge in [-0.25, -0.2) is 0 Å². The number of nitrogens with two attached hydrogens (primary N) is 1. The number of amides is 1. The first-order valence-corrected chi connectivity index (χ1v) is 8.81. The van der Waals surface area contributed by atoms with Crippen LogP contribution in [0.5, 0.6) is 0 Å². The van der Waals surface area contributed by atoms with Crippen LogP contribution in [0, 0.1) is 5.41 Å². The number of fused-ring (bicyclic) bond motifs is 3. The quantitative estimate of drug-likeness (QED) is 0.881. The van der Waals surface area contributed by atoms with Crippen LogP contribution in [-0.2, 0) is 17.9 Å². The van der Waals surface area contributed by atoms with Gasteiger partial charge in [0, 0.05) is 19.6 Å². The van der Waals surface area contributed by atoms with E-state index in [-0.39, 0.29) is 18.3 Å². The first-order chi connectivity index (χ1) is 11.6. The number of halogens is 1. The van der Waals surface area contributed by atoms with Gasteiger partial charge in [-0.3, -0.25) is 4.79 Å². The molecule has 2 aromatic carbocycles. The van der Waals surface area contributed by atoms with Crippen molar-refractivity contribution in [2.75, 3.05) is 6.54 Å². The molecule has 0 bridgehead atoms. The minimum absolute atomic E-state index is 0. The Balaban J connectivity index is 0.00000225. The summed E-state index contributed by atoms with van der Waals surface area (Å²) in [5.74, 6) is 0.182. The fourth-order valence-corrected chi connectivity index (χ4v) is 3.72. The van der Waals surface area contributed by atoms with Crippen molar-refractivity contribution in [1.29, 1.82) is 0 Å². The molecule has 3 nitrogen and oxygen atoms in total. The van der Waals surface area contributed by atoms with E-state index in [4.69, 9.17) is 5.73 Å². The van der Waals surface area contributed by atoms with E-state index in [9.17, 15) is 4.79 Å². The highest BCUT2D eigenvalue weighted by Crippen LogP contribution is 2.35. The molecule has 25 heavy (non-hydrogen) atoms. The van der Waals surface area contributed by atoms with Crippen LogP contribution in [0.4, 0.5) is 0 Å². The molecule has 1 amide bonds. The maximum atomic E-state index is 13.3. The van der Waals surface area contributed by atoms with Crippen molar-refractivity contribution < 1.29 is 4.79 Å². The first kappa shape index (κ1) is 19.5. The molecule has 0 unspecified atom stereocenters. The molecular formula is C21H27ClN2O. The standard InChI is InChI=1S/C21H26N2O.ClH/c1-3-21(4-2,15-22)20(24)23-13-16-9-5-7-11-18(16)19-12-8-6-10-17(19)14-23;/h5-12H,3-4,13-15,22H2,1-2H3;1H. The Morgan fingerprint density at radius 2 is 1.40 bits per heavy atom. The molecule has 0 saturated carbocycles. The summed E-state index contributed by atoms with van der Waals surface area (Å²) in [5, 5.41) is 0. The highest BCUT2D eigenvalue weighted by Gasteiger charge is 2.37. The highest BCUT2D eigenvalue weighted by atomic mass is 35.5. The zero-order valence-corrected chi connectivity index (χ0v) is 15.8. The van der Waals surface area contributed by atoms with Gasteiger partial charge in [0.15, 0.2) is 0 Å². The molecule has 1 aliphatic rings. The van der Waals surface area contributed by atoms with E-state index in [1.165, 1.54) is 22.3 Å². The third-order valence-corrected chi connectivity index (χ3v) is 5.53. The van der Waals surface area contributed by atoms with E-state index in [1.807, 2.05) is 17.0 Å². The monoisotopic (exact) mass is 358 g/mol. The Bertz CT molecular complexity index is 684. The molecule has 134 valence electrons. The van der Waals surface area contributed by atoms with Crippen LogP contribution in [0.25, 0.3) is 11.1 Å². The number of nitrogens with zero attached hydrogens (tertiary/aromatic N) is 1. The van der Waals surface area contributed by atoms with Gasteiger partial charge in [0.1, 0.15) is 0 Å². The van der Waals surface area contributed by atoms with Gasteiger partial charge in [-0.1, -0.05) is 62.4 Å². The number of carbonyl (C=O) groups excluding carboxylic acids is 1. The number of hydrogen-bond acceptors (Lipinski definition) is 2. The SMILES string of the molecule is CCC(CC)(CN)C(=O)N1Cc2ccccc2-c2ccccc2C1.Cl. The molecule has 2 N–H and O–H groups in total. The van der Waals surface area contributed by atoms with Gasteiger partial charge in [0.2, 0.25) is 5.91 Å². The maximum absolute atomic E-state index is 13.3. The third-order valence-electron chi connectivity index (χ3n) is 5.53. The van der Waals surface area contributed by atoms with E-state index in [0.717, 1.165) is 12.8 Å². The molecule has 0 radical (unpaired) electrons. The molecule has 0 atom stereocenters. The first-order valence-electron chi connectivity index (χ1n) is 8.81. The van der Waals surface area contributed by atoms with Crippen LogP contribution < -0.4 is 5.73 Å². The van der Waals surface area contributed by atoms with E-state index >= 15 is 0 Å². The minimum atomic E-state index is -0.450. The third kappa shape index (κ3) is 3.44. The van der Waals surface area contributed by atoms with Crippen molar-refractivity contribution in [1.82, 2.24) is 4.90 Å². The van der Waals surface area contributed by atoms with Gasteiger partial charge in [0.05, 0.1) is 5.41 Å². The van der Waals surface area contributed by atoms with Gasteiger partial charge >= 0.3 is 0 Å². The van der Waals surface area contributed by atoms with Crippen LogP contribution in [-0.4, -0.2) is 17.4 Å². The van der Waals surface area contributed by atoms with Crippen molar-refractivity contribution >= 4 is 18.3 Å². The maximum Gasteiger partial charge on any atom is 0.230 e. The van der Waals surface area contributed by atoms with Crippen molar-refractivity contribution in [2.24, 2.45) is 11.1 Å². The number of benzene rings is 2. The normalized spacial score (nSPS) is 13.3. The molecule has 3 rings (SSSR count). The van der Waals surface area contributed by atoms with Crippen LogP contribution in [0.2, 0.25) is 0 Å². The lowest BCUT2D eigenvalue weighted by Crippen LogP contribution is -2.46. The summed E-state index contributed by atoms with van der Waals surface area (Å²) in [6, 6.07) is 16.8. The molecule has 0 spiro atoms. The van der Waals surface area contributed by atoms with E-state index in [1.54, 1.807) is 0 Å². The number of carbonyl (C=O) groups is 1. The van der Waals surface area contributed by atoms with E-state index in [2.05, 4.69) is 50.2 Å². The summed E-state index contributed by atoms with van der Waals surface area (Å²) in [7, 11) is 0. The molecule has 2 aromatic rings. The molecule has 0 fully saturated rings. The molecule has 1 aliphatic heterocycles. The molecule has 1 heterocycles. The van der Waals surface area contributed by atoms with Crippen molar-refractivity contribution in [3.63, 3.8) is 0 Å². The largest absolute Gasteiger partial charge is 0.333 e. The zero-order chi connectivity index (χ0) is 17.2. The zero-order valence-electron chi connectivity index (χ0n) is 15.0. The molecular weight excluding hydrogens is 332 g/mol. The Morgan fingerprint density at radius 3 is 1.80 bits per heavy atom. The Labute approximate surface area is 156 Å². The van der Waals surface area contributed by atoms with Gasteiger partial charge in [-0.05, 0) is 35.1 Å². The predicted molar refractivity (Wildman–Crippen MR) is 105 cm³/mol. The van der Waals surface area contributed by atoms with Crippen molar-refractivity contribution in [3.05, 3.63) is 59.7 Å². The topological polar surface area (TPSA) is 46.3 Å². The van der Waals surface area contributed by atoms with Gasteiger partial charge in [-0.2, -0.15) is 0 Å². The van der Waals surface area contributed by atoms with E-state index in [0.29, 0.717) is 19.6 Å². The summed E-state index contributed by atoms with van der Waals surface area (Å²) >= 11 is 0. The summed E-state index contributed by atoms with van der Waals surface area (Å²) in [5.41, 5.74) is 10.4. The fourth-order valence-electron chi connectivity index (χ4n) is 3.72. The molecule has 0 aromatic heterocycles. The number of rotatable bonds is 4. The Morgan fingerprint density at radius 1 is 0.960 bits per heavy atom. The van der Waals surface area contributed by atoms with Gasteiger partial charge in [-0.15, -0.1) is 12.4 Å². The summed E-state index contributed by atoms with van der Waals surface area (Å²) in [6.07, 6.45) is 1.55. The van der Waals surface area contributed by atoms with Crippen molar-refractivity contribution in [3.8, 4) is 11.1 Å². The van der Waals surface area contributed by atoms with Gasteiger partial charge in [0.25, 0.3) is 0 Å². The van der Waals surface area contributed by atoms with E-state index < -0.39 is 5.41 Å². The number of hydrogen-bond donors (Lipinski definition) is 1. The molecule has 0 saturated heterocycles. The highest BCUT2D eigenvalue weighted by molar-refractivity contribution is 5.85. The molecule has 4 heteroatoms. The Kier molecular flexibility index (Phi) is 6.26. The lowest BCUT2D eigenvalue weighted by atomic mass is 9.80. The average molecular weight is 359 g/mol. The van der Waals surface area contributed by atoms with Crippen LogP contribution >= 0.6 is 12.4 Å². The second-order valence-electron chi connectivity index (χ2n) is 6.67. The van der Waals surface area contributed by atoms with Crippen molar-refractivity contribution in [2.45, 2.75) is 39.8 Å². The molecule has 0 aliphatic carbocycles. The summed E-state index contributed by atoms with van der Waals surface area (Å²) in [6.45, 7) is 5.82. The Hall–Kier alpha value is -1.84. The minimum Gasteiger partial charge on any atom is -0.333 e. The lowest BCUT2D eigenvalue weighted by molar-refractivity contribution is -0.143. The average Bonchev–Trinajstić information content (AvgIpc) is 2.80. The fraction of sp³-hybridized carbons (Fsp3) is 0.381. The van der Waals surface area contributed by atoms with Crippen LogP contribution in [0.15, 0.2) is 48.5 Å². The predicted octanol–water partition coefficient (Wildman–Crippen LogP) is 4.38.